The zero-order valence-corrected chi connectivity index (χ0v) is 18.7. The average molecular weight is 447 g/mol. The first-order chi connectivity index (χ1) is 15.1. The van der Waals surface area contributed by atoms with Crippen molar-refractivity contribution in [2.24, 2.45) is 5.10 Å². The van der Waals surface area contributed by atoms with Gasteiger partial charge in [-0.15, -0.1) is 0 Å². The molecule has 1 saturated heterocycles. The lowest BCUT2D eigenvalue weighted by Crippen LogP contribution is -2.52. The number of nitrogens with zero attached hydrogens (tertiary/aromatic N) is 3. The van der Waals surface area contributed by atoms with Crippen molar-refractivity contribution in [3.63, 3.8) is 0 Å². The van der Waals surface area contributed by atoms with Crippen molar-refractivity contribution >= 4 is 23.5 Å². The Morgan fingerprint density at radius 2 is 1.97 bits per heavy atom. The summed E-state index contributed by atoms with van der Waals surface area (Å²) in [6, 6.07) is 6.73. The molecule has 0 radical (unpaired) electrons. The Labute approximate surface area is 186 Å². The first-order valence-electron chi connectivity index (χ1n) is 10.5. The Balaban J connectivity index is 1.84. The van der Waals surface area contributed by atoms with Crippen LogP contribution in [0.2, 0.25) is 0 Å². The van der Waals surface area contributed by atoms with Gasteiger partial charge >= 0.3 is 17.6 Å². The summed E-state index contributed by atoms with van der Waals surface area (Å²) < 4.78 is 10.1. The number of ether oxygens (including phenoxy) is 2. The number of alkyl carbamates (subject to hydrolysis) is 1. The molecule has 174 valence electrons. The number of anilines is 1. The minimum atomic E-state index is -1.83. The zero-order valence-electron chi connectivity index (χ0n) is 18.7. The second-order valence-corrected chi connectivity index (χ2v) is 8.80. The number of rotatable bonds is 5. The van der Waals surface area contributed by atoms with Gasteiger partial charge in [-0.25, -0.2) is 9.59 Å². The summed E-state index contributed by atoms with van der Waals surface area (Å²) in [5.74, 6) is -0.853. The number of carbonyl (C=O) groups excluding carboxylic acids is 2. The SMILES string of the molecule is COC(=O)C1=NNCC1(c1ccc(N2CCCCC2NC(=O)OC(C)(C)C)cc1)[N+](=O)[O-]. The standard InChI is InChI=1S/C21H29N5O6/c1-20(2,3)32-19(28)23-16-7-5-6-12-25(16)15-10-8-14(9-11-15)21(26(29)30)13-22-24-17(21)18(27)31-4/h8-11,16,22H,5-7,12-13H2,1-4H3,(H,23,28). The molecule has 0 aromatic heterocycles. The summed E-state index contributed by atoms with van der Waals surface area (Å²) in [5.41, 5.74) is 0.948. The van der Waals surface area contributed by atoms with Gasteiger partial charge in [-0.05, 0) is 64.3 Å². The van der Waals surface area contributed by atoms with Crippen molar-refractivity contribution in [1.82, 2.24) is 10.7 Å². The molecule has 0 bridgehead atoms. The van der Waals surface area contributed by atoms with E-state index in [1.54, 1.807) is 45.0 Å². The van der Waals surface area contributed by atoms with E-state index in [-0.39, 0.29) is 18.4 Å². The van der Waals surface area contributed by atoms with Crippen LogP contribution in [0.5, 0.6) is 0 Å². The maximum atomic E-state index is 12.3. The van der Waals surface area contributed by atoms with Crippen molar-refractivity contribution in [2.75, 3.05) is 25.1 Å². The zero-order chi connectivity index (χ0) is 23.5. The molecule has 11 heteroatoms. The number of hydrazone groups is 1. The summed E-state index contributed by atoms with van der Waals surface area (Å²) in [6.07, 6.45) is 1.92. The lowest BCUT2D eigenvalue weighted by atomic mass is 9.86. The van der Waals surface area contributed by atoms with Gasteiger partial charge in [0.15, 0.2) is 0 Å². The van der Waals surface area contributed by atoms with Crippen LogP contribution in [0.3, 0.4) is 0 Å². The van der Waals surface area contributed by atoms with E-state index < -0.39 is 28.1 Å². The predicted molar refractivity (Wildman–Crippen MR) is 117 cm³/mol. The number of nitrogens with one attached hydrogen (secondary N) is 2. The third-order valence-corrected chi connectivity index (χ3v) is 5.47. The van der Waals surface area contributed by atoms with Crippen LogP contribution < -0.4 is 15.6 Å². The van der Waals surface area contributed by atoms with E-state index >= 15 is 0 Å². The van der Waals surface area contributed by atoms with Crippen molar-refractivity contribution in [3.05, 3.63) is 39.9 Å². The number of methoxy groups -OCH3 is 1. The average Bonchev–Trinajstić information content (AvgIpc) is 3.19. The van der Waals surface area contributed by atoms with Crippen LogP contribution in [0.1, 0.15) is 45.6 Å². The van der Waals surface area contributed by atoms with Gasteiger partial charge in [-0.3, -0.25) is 10.1 Å². The number of amides is 1. The van der Waals surface area contributed by atoms with E-state index in [9.17, 15) is 19.7 Å². The fraction of sp³-hybridized carbons (Fsp3) is 0.571. The highest BCUT2D eigenvalue weighted by Crippen LogP contribution is 2.32. The molecule has 0 saturated carbocycles. The fourth-order valence-corrected chi connectivity index (χ4v) is 3.98. The highest BCUT2D eigenvalue weighted by atomic mass is 16.6. The molecule has 1 aromatic carbocycles. The smallest absolute Gasteiger partial charge is 0.409 e. The molecule has 0 spiro atoms. The molecule has 2 atom stereocenters. The molecule has 2 aliphatic rings. The van der Waals surface area contributed by atoms with Crippen molar-refractivity contribution in [3.8, 4) is 0 Å². The highest BCUT2D eigenvalue weighted by molar-refractivity contribution is 6.40. The van der Waals surface area contributed by atoms with Crippen molar-refractivity contribution in [1.29, 1.82) is 0 Å². The maximum Gasteiger partial charge on any atom is 0.409 e. The molecule has 2 N–H and O–H groups in total. The molecule has 2 heterocycles. The minimum Gasteiger partial charge on any atom is -0.464 e. The normalized spacial score (nSPS) is 23.1. The molecular weight excluding hydrogens is 418 g/mol. The summed E-state index contributed by atoms with van der Waals surface area (Å²) in [5, 5.41) is 18.8. The van der Waals surface area contributed by atoms with Gasteiger partial charge in [0.2, 0.25) is 5.71 Å². The first kappa shape index (κ1) is 23.3. The van der Waals surface area contributed by atoms with E-state index in [2.05, 4.69) is 15.8 Å². The van der Waals surface area contributed by atoms with Gasteiger partial charge in [0.05, 0.1) is 7.11 Å². The van der Waals surface area contributed by atoms with Gasteiger partial charge < -0.3 is 25.1 Å². The van der Waals surface area contributed by atoms with Gasteiger partial charge in [-0.2, -0.15) is 5.10 Å². The van der Waals surface area contributed by atoms with Crippen molar-refractivity contribution < 1.29 is 24.0 Å². The van der Waals surface area contributed by atoms with Crippen LogP contribution in [0.4, 0.5) is 10.5 Å². The van der Waals surface area contributed by atoms with Gasteiger partial charge in [0.1, 0.15) is 18.3 Å². The van der Waals surface area contributed by atoms with Gasteiger partial charge in [0.25, 0.3) is 0 Å². The molecule has 1 fully saturated rings. The third kappa shape index (κ3) is 4.61. The molecule has 2 aliphatic heterocycles. The Kier molecular flexibility index (Phi) is 6.56. The van der Waals surface area contributed by atoms with Crippen LogP contribution in [-0.4, -0.2) is 54.7 Å². The first-order valence-corrected chi connectivity index (χ1v) is 10.5. The van der Waals surface area contributed by atoms with Crippen LogP contribution in [0.25, 0.3) is 0 Å². The molecule has 3 rings (SSSR count). The molecular formula is C21H29N5O6. The summed E-state index contributed by atoms with van der Waals surface area (Å²) in [4.78, 5) is 37.9. The third-order valence-electron chi connectivity index (χ3n) is 5.47. The highest BCUT2D eigenvalue weighted by Gasteiger charge is 2.57. The largest absolute Gasteiger partial charge is 0.464 e. The van der Waals surface area contributed by atoms with E-state index in [4.69, 9.17) is 9.47 Å². The number of hydrogen-bond donors (Lipinski definition) is 2. The molecule has 1 amide bonds. The topological polar surface area (TPSA) is 135 Å². The fourth-order valence-electron chi connectivity index (χ4n) is 3.98. The van der Waals surface area contributed by atoms with Gasteiger partial charge in [0, 0.05) is 22.7 Å². The summed E-state index contributed by atoms with van der Waals surface area (Å²) >= 11 is 0. The quantitative estimate of drug-likeness (QED) is 0.398. The summed E-state index contributed by atoms with van der Waals surface area (Å²) in [7, 11) is 1.16. The number of piperidine rings is 1. The Hall–Kier alpha value is -3.37. The molecule has 1 aromatic rings. The molecule has 32 heavy (non-hydrogen) atoms. The number of nitro groups is 1. The number of benzene rings is 1. The number of carbonyl (C=O) groups is 2. The van der Waals surface area contributed by atoms with Crippen LogP contribution in [0.15, 0.2) is 29.4 Å². The van der Waals surface area contributed by atoms with E-state index in [1.807, 2.05) is 4.90 Å². The molecule has 0 aliphatic carbocycles. The Bertz CT molecular complexity index is 910. The second kappa shape index (κ2) is 9.01. The van der Waals surface area contributed by atoms with Crippen LogP contribution in [-0.2, 0) is 19.8 Å². The Morgan fingerprint density at radius 3 is 2.56 bits per heavy atom. The monoisotopic (exact) mass is 447 g/mol. The van der Waals surface area contributed by atoms with Crippen LogP contribution >= 0.6 is 0 Å². The second-order valence-electron chi connectivity index (χ2n) is 8.80. The van der Waals surface area contributed by atoms with E-state index in [0.717, 1.165) is 38.6 Å². The van der Waals surface area contributed by atoms with Crippen LogP contribution in [0, 0.1) is 10.1 Å². The lowest BCUT2D eigenvalue weighted by molar-refractivity contribution is -0.551. The van der Waals surface area contributed by atoms with E-state index in [1.165, 1.54) is 0 Å². The van der Waals surface area contributed by atoms with Gasteiger partial charge in [-0.1, -0.05) is 0 Å². The maximum absolute atomic E-state index is 12.3. The predicted octanol–water partition coefficient (Wildman–Crippen LogP) is 2.13. The minimum absolute atomic E-state index is 0.156. The van der Waals surface area contributed by atoms with Crippen molar-refractivity contribution in [2.45, 2.75) is 57.3 Å². The summed E-state index contributed by atoms with van der Waals surface area (Å²) in [6.45, 7) is 5.98. The number of hydrogen-bond acceptors (Lipinski definition) is 9. The molecule has 11 nitrogen and oxygen atoms in total. The number of esters is 1. The lowest BCUT2D eigenvalue weighted by Gasteiger charge is -2.38. The molecule has 2 unspecified atom stereocenters. The van der Waals surface area contributed by atoms with E-state index in [0.29, 0.717) is 5.56 Å². The Morgan fingerprint density at radius 1 is 1.28 bits per heavy atom.